The molecular formula is C24H30. The van der Waals surface area contributed by atoms with Crippen LogP contribution in [0.3, 0.4) is 0 Å². The smallest absolute Gasteiger partial charge is 0.00575 e. The van der Waals surface area contributed by atoms with Crippen molar-refractivity contribution < 1.29 is 0 Å². The van der Waals surface area contributed by atoms with Crippen LogP contribution in [-0.4, -0.2) is 0 Å². The minimum absolute atomic E-state index is 0.727. The van der Waals surface area contributed by atoms with Gasteiger partial charge in [0.25, 0.3) is 0 Å². The Morgan fingerprint density at radius 3 is 2.33 bits per heavy atom. The molecule has 0 unspecified atom stereocenters. The van der Waals surface area contributed by atoms with E-state index < -0.39 is 0 Å². The van der Waals surface area contributed by atoms with E-state index in [1.54, 1.807) is 5.57 Å². The lowest BCUT2D eigenvalue weighted by Gasteiger charge is -2.15. The first-order valence-electron chi connectivity index (χ1n) is 9.40. The van der Waals surface area contributed by atoms with Crippen molar-refractivity contribution in [2.45, 2.75) is 60.3 Å². The Morgan fingerprint density at radius 2 is 1.71 bits per heavy atom. The summed E-state index contributed by atoms with van der Waals surface area (Å²) < 4.78 is 0. The summed E-state index contributed by atoms with van der Waals surface area (Å²) in [6, 6.07) is 11.7. The third-order valence-electron chi connectivity index (χ3n) is 4.89. The van der Waals surface area contributed by atoms with Gasteiger partial charge in [0.15, 0.2) is 0 Å². The number of allylic oxidation sites excluding steroid dienone is 1. The third kappa shape index (κ3) is 3.48. The molecule has 0 heteroatoms. The lowest BCUT2D eigenvalue weighted by atomic mass is 9.89. The molecule has 0 bridgehead atoms. The summed E-state index contributed by atoms with van der Waals surface area (Å²) in [5, 5.41) is 0. The molecule has 3 rings (SSSR count). The lowest BCUT2D eigenvalue weighted by molar-refractivity contribution is 0.638. The molecule has 0 aliphatic heterocycles. The van der Waals surface area contributed by atoms with Gasteiger partial charge in [-0.2, -0.15) is 0 Å². The van der Waals surface area contributed by atoms with Crippen molar-refractivity contribution in [1.82, 2.24) is 0 Å². The van der Waals surface area contributed by atoms with Crippen molar-refractivity contribution in [2.24, 2.45) is 5.92 Å². The summed E-state index contributed by atoms with van der Waals surface area (Å²) in [4.78, 5) is 0. The molecule has 126 valence electrons. The van der Waals surface area contributed by atoms with Crippen LogP contribution in [0.25, 0.3) is 17.2 Å². The largest absolute Gasteiger partial charge is 0.0651 e. The molecule has 24 heavy (non-hydrogen) atoms. The maximum Gasteiger partial charge on any atom is -0.00575 e. The molecule has 0 fully saturated rings. The van der Waals surface area contributed by atoms with Crippen LogP contribution in [-0.2, 0) is 12.8 Å². The summed E-state index contributed by atoms with van der Waals surface area (Å²) >= 11 is 0. The molecule has 0 amide bonds. The Kier molecular flexibility index (Phi) is 4.94. The van der Waals surface area contributed by atoms with Crippen molar-refractivity contribution in [3.8, 4) is 11.1 Å². The fourth-order valence-corrected chi connectivity index (χ4v) is 4.12. The first-order chi connectivity index (χ1) is 11.5. The summed E-state index contributed by atoms with van der Waals surface area (Å²) in [5.41, 5.74) is 11.7. The minimum atomic E-state index is 0.727. The quantitative estimate of drug-likeness (QED) is 0.562. The van der Waals surface area contributed by atoms with Gasteiger partial charge in [0.1, 0.15) is 0 Å². The Labute approximate surface area is 147 Å². The van der Waals surface area contributed by atoms with Gasteiger partial charge >= 0.3 is 0 Å². The molecule has 0 aromatic heterocycles. The van der Waals surface area contributed by atoms with Crippen LogP contribution in [0, 0.1) is 19.8 Å². The molecular weight excluding hydrogens is 288 g/mol. The second-order valence-electron chi connectivity index (χ2n) is 7.88. The van der Waals surface area contributed by atoms with Crippen LogP contribution in [0.15, 0.2) is 35.9 Å². The van der Waals surface area contributed by atoms with Crippen LogP contribution in [0.1, 0.15) is 61.4 Å². The summed E-state index contributed by atoms with van der Waals surface area (Å²) in [7, 11) is 0. The summed E-state index contributed by atoms with van der Waals surface area (Å²) in [5.74, 6) is 0.727. The zero-order valence-corrected chi connectivity index (χ0v) is 15.9. The topological polar surface area (TPSA) is 0 Å². The van der Waals surface area contributed by atoms with Gasteiger partial charge in [-0.1, -0.05) is 80.3 Å². The van der Waals surface area contributed by atoms with Gasteiger partial charge in [-0.05, 0) is 66.8 Å². The molecule has 1 aliphatic carbocycles. The first kappa shape index (κ1) is 17.0. The highest BCUT2D eigenvalue weighted by atomic mass is 14.2. The average molecular weight is 319 g/mol. The summed E-state index contributed by atoms with van der Waals surface area (Å²) in [6.45, 7) is 11.3. The Balaban J connectivity index is 2.16. The van der Waals surface area contributed by atoms with Crippen molar-refractivity contribution in [3.63, 3.8) is 0 Å². The fraction of sp³-hybridized carbons (Fsp3) is 0.417. The van der Waals surface area contributed by atoms with E-state index in [2.05, 4.69) is 71.0 Å². The van der Waals surface area contributed by atoms with Gasteiger partial charge < -0.3 is 0 Å². The maximum absolute atomic E-state index is 2.49. The maximum atomic E-state index is 2.49. The highest BCUT2D eigenvalue weighted by Gasteiger charge is 2.20. The molecule has 2 aromatic rings. The van der Waals surface area contributed by atoms with Gasteiger partial charge in [0.2, 0.25) is 0 Å². The molecule has 1 aliphatic rings. The van der Waals surface area contributed by atoms with Crippen molar-refractivity contribution in [2.75, 3.05) is 0 Å². The second-order valence-corrected chi connectivity index (χ2v) is 7.88. The molecule has 0 nitrogen and oxygen atoms in total. The highest BCUT2D eigenvalue weighted by Crippen LogP contribution is 2.39. The molecule has 0 radical (unpaired) electrons. The number of fused-ring (bicyclic) bond motifs is 1. The van der Waals surface area contributed by atoms with Gasteiger partial charge in [0, 0.05) is 0 Å². The first-order valence-corrected chi connectivity index (χ1v) is 9.40. The molecule has 0 atom stereocenters. The normalized spacial score (nSPS) is 13.3. The Morgan fingerprint density at radius 1 is 1.00 bits per heavy atom. The van der Waals surface area contributed by atoms with E-state index in [0.717, 1.165) is 18.8 Å². The van der Waals surface area contributed by atoms with E-state index in [1.807, 2.05) is 0 Å². The van der Waals surface area contributed by atoms with Crippen LogP contribution >= 0.6 is 0 Å². The number of rotatable bonds is 5. The average Bonchev–Trinajstić information content (AvgIpc) is 2.87. The van der Waals surface area contributed by atoms with E-state index >= 15 is 0 Å². The molecule has 0 heterocycles. The SMILES string of the molecule is CCCc1ccc2c(c1-c1cc(C)cc(C)c1)C=C(CC(C)C)C2. The Hall–Kier alpha value is -1.82. The molecule has 0 saturated heterocycles. The minimum Gasteiger partial charge on any atom is -0.0651 e. The van der Waals surface area contributed by atoms with Crippen molar-refractivity contribution in [1.29, 1.82) is 0 Å². The van der Waals surface area contributed by atoms with E-state index in [0.29, 0.717) is 0 Å². The molecule has 0 saturated carbocycles. The molecule has 0 N–H and O–H groups in total. The monoisotopic (exact) mass is 318 g/mol. The van der Waals surface area contributed by atoms with E-state index in [9.17, 15) is 0 Å². The van der Waals surface area contributed by atoms with Crippen molar-refractivity contribution >= 4 is 6.08 Å². The fourth-order valence-electron chi connectivity index (χ4n) is 4.12. The van der Waals surface area contributed by atoms with Crippen LogP contribution in [0.4, 0.5) is 0 Å². The number of aryl methyl sites for hydroxylation is 3. The van der Waals surface area contributed by atoms with Gasteiger partial charge in [0.05, 0.1) is 0 Å². The third-order valence-corrected chi connectivity index (χ3v) is 4.89. The van der Waals surface area contributed by atoms with E-state index in [4.69, 9.17) is 0 Å². The Bertz CT molecular complexity index is 755. The van der Waals surface area contributed by atoms with Gasteiger partial charge in [-0.15, -0.1) is 0 Å². The van der Waals surface area contributed by atoms with Crippen LogP contribution in [0.2, 0.25) is 0 Å². The predicted molar refractivity (Wildman–Crippen MR) is 106 cm³/mol. The van der Waals surface area contributed by atoms with Crippen LogP contribution in [0.5, 0.6) is 0 Å². The van der Waals surface area contributed by atoms with Gasteiger partial charge in [-0.3, -0.25) is 0 Å². The van der Waals surface area contributed by atoms with Crippen LogP contribution < -0.4 is 0 Å². The predicted octanol–water partition coefficient (Wildman–Crippen LogP) is 6.91. The zero-order valence-electron chi connectivity index (χ0n) is 15.9. The second kappa shape index (κ2) is 6.97. The number of hydrogen-bond acceptors (Lipinski definition) is 0. The van der Waals surface area contributed by atoms with Gasteiger partial charge in [-0.25, -0.2) is 0 Å². The van der Waals surface area contributed by atoms with E-state index in [1.165, 1.54) is 51.8 Å². The molecule has 0 spiro atoms. The number of hydrogen-bond donors (Lipinski definition) is 0. The van der Waals surface area contributed by atoms with Crippen molar-refractivity contribution in [3.05, 3.63) is 63.7 Å². The molecule has 2 aromatic carbocycles. The number of benzene rings is 2. The lowest BCUT2D eigenvalue weighted by Crippen LogP contribution is -1.96. The zero-order chi connectivity index (χ0) is 17.3. The summed E-state index contributed by atoms with van der Waals surface area (Å²) in [6.07, 6.45) is 7.19. The highest BCUT2D eigenvalue weighted by molar-refractivity contribution is 5.83. The van der Waals surface area contributed by atoms with E-state index in [-0.39, 0.29) is 0 Å². The standard InChI is InChI=1S/C24H30/c1-6-7-20-8-9-21-14-19(10-16(2)3)15-23(21)24(20)22-12-17(4)11-18(5)13-22/h8-9,11-13,15-16H,6-7,10,14H2,1-5H3.